The van der Waals surface area contributed by atoms with Crippen LogP contribution in [0.1, 0.15) is 74.9 Å². The summed E-state index contributed by atoms with van der Waals surface area (Å²) in [5, 5.41) is 6.60. The van der Waals surface area contributed by atoms with E-state index >= 15 is 0 Å². The number of likely N-dealkylation sites (N-methyl/N-ethyl adjacent to an activating group) is 1. The van der Waals surface area contributed by atoms with Gasteiger partial charge in [0.1, 0.15) is 5.70 Å². The molecule has 8 nitrogen and oxygen atoms in total. The Morgan fingerprint density at radius 1 is 1.11 bits per heavy atom. The Morgan fingerprint density at radius 2 is 1.83 bits per heavy atom. The van der Waals surface area contributed by atoms with Crippen molar-refractivity contribution in [2.75, 3.05) is 62.4 Å². The van der Waals surface area contributed by atoms with E-state index in [2.05, 4.69) is 58.5 Å². The Hall–Kier alpha value is -3.55. The Bertz CT molecular complexity index is 1660. The van der Waals surface area contributed by atoms with Crippen molar-refractivity contribution in [3.8, 4) is 11.1 Å². The van der Waals surface area contributed by atoms with Gasteiger partial charge in [-0.1, -0.05) is 23.7 Å². The molecule has 0 radical (unpaired) electrons. The van der Waals surface area contributed by atoms with Crippen LogP contribution in [0.3, 0.4) is 0 Å². The summed E-state index contributed by atoms with van der Waals surface area (Å²) < 4.78 is 11.5. The summed E-state index contributed by atoms with van der Waals surface area (Å²) in [6, 6.07) is 9.22. The van der Waals surface area contributed by atoms with Gasteiger partial charge in [0.05, 0.1) is 10.6 Å². The number of carbonyl (C=O) groups is 1. The van der Waals surface area contributed by atoms with Crippen molar-refractivity contribution in [2.45, 2.75) is 71.8 Å². The molecule has 2 aromatic carbocycles. The molecule has 250 valence electrons. The van der Waals surface area contributed by atoms with Crippen molar-refractivity contribution >= 4 is 34.8 Å². The molecule has 4 aliphatic heterocycles. The molecule has 4 heterocycles. The number of dihydropyridines is 1. The molecule has 1 spiro atoms. The largest absolute Gasteiger partial charge is 0.381 e. The van der Waals surface area contributed by atoms with Crippen LogP contribution in [0, 0.1) is 6.92 Å². The number of allylic oxidation sites excluding steroid dienone is 3. The maximum absolute atomic E-state index is 14.2. The lowest BCUT2D eigenvalue weighted by Crippen LogP contribution is -2.40. The van der Waals surface area contributed by atoms with Crippen molar-refractivity contribution in [3.05, 3.63) is 74.6 Å². The zero-order valence-electron chi connectivity index (χ0n) is 28.4. The van der Waals surface area contributed by atoms with Crippen LogP contribution in [0.5, 0.6) is 0 Å². The molecule has 4 aliphatic rings. The van der Waals surface area contributed by atoms with Gasteiger partial charge in [-0.25, -0.2) is 4.79 Å². The van der Waals surface area contributed by atoms with E-state index in [0.717, 1.165) is 105 Å². The predicted octanol–water partition coefficient (Wildman–Crippen LogP) is 6.48. The summed E-state index contributed by atoms with van der Waals surface area (Å²) in [7, 11) is 0. The molecule has 0 saturated carbocycles. The summed E-state index contributed by atoms with van der Waals surface area (Å²) in [5.74, 6) is 1.73. The number of hydrogen-bond acceptors (Lipinski definition) is 7. The van der Waals surface area contributed by atoms with E-state index in [1.54, 1.807) is 0 Å². The van der Waals surface area contributed by atoms with Crippen molar-refractivity contribution in [1.82, 2.24) is 10.6 Å². The Morgan fingerprint density at radius 3 is 2.51 bits per heavy atom. The van der Waals surface area contributed by atoms with Gasteiger partial charge in [-0.05, 0) is 101 Å². The SMILES string of the molecule is CCN1CC2(CCOCC2)c2ccc(-c3cc(N(CC)C4CCOCC4)c(C)c(C(=O)NCC4=C(C)C=C(C)NC4=C=O)c3Cl)cc21. The minimum Gasteiger partial charge on any atom is -0.381 e. The average molecular weight is 659 g/mol. The zero-order chi connectivity index (χ0) is 33.3. The number of halogens is 1. The molecular weight excluding hydrogens is 612 g/mol. The fourth-order valence-corrected chi connectivity index (χ4v) is 8.43. The standard InChI is InChI=1S/C38H47ClN4O4/c1-6-42-23-38(12-16-47-17-13-38)31-9-8-27(19-34(31)42)29-20-33(43(7-2)28-10-14-46-15-11-28)26(5)35(36(29)39)37(45)40-21-30-24(3)18-25(4)41-32(30)22-44/h8-9,18-20,28,41H,6-7,10-17,21,23H2,1-5H3,(H,40,45). The van der Waals surface area contributed by atoms with Gasteiger partial charge in [0, 0.05) is 92.3 Å². The third-order valence-corrected chi connectivity index (χ3v) is 11.0. The van der Waals surface area contributed by atoms with Crippen LogP contribution in [0.2, 0.25) is 5.02 Å². The molecule has 0 aliphatic carbocycles. The molecule has 6 rings (SSSR count). The van der Waals surface area contributed by atoms with Gasteiger partial charge in [-0.3, -0.25) is 4.79 Å². The van der Waals surface area contributed by atoms with Gasteiger partial charge in [0.2, 0.25) is 0 Å². The van der Waals surface area contributed by atoms with Crippen LogP contribution in [0.4, 0.5) is 11.4 Å². The third-order valence-electron chi connectivity index (χ3n) is 10.6. The van der Waals surface area contributed by atoms with Gasteiger partial charge in [-0.2, -0.15) is 0 Å². The topological polar surface area (TPSA) is 83.1 Å². The first-order valence-electron chi connectivity index (χ1n) is 17.0. The molecule has 0 unspecified atom stereocenters. The molecule has 47 heavy (non-hydrogen) atoms. The number of carbonyl (C=O) groups excluding carboxylic acids is 2. The molecule has 2 aromatic rings. The monoisotopic (exact) mass is 658 g/mol. The van der Waals surface area contributed by atoms with E-state index in [1.165, 1.54) is 11.3 Å². The summed E-state index contributed by atoms with van der Waals surface area (Å²) in [6.07, 6.45) is 5.86. The second kappa shape index (κ2) is 13.9. The molecule has 9 heteroatoms. The van der Waals surface area contributed by atoms with Gasteiger partial charge >= 0.3 is 0 Å². The number of benzene rings is 2. The number of nitrogens with one attached hydrogen (secondary N) is 2. The van der Waals surface area contributed by atoms with Crippen LogP contribution in [0.25, 0.3) is 11.1 Å². The number of hydrogen-bond donors (Lipinski definition) is 2. The van der Waals surface area contributed by atoms with E-state index in [4.69, 9.17) is 21.1 Å². The normalized spacial score (nSPS) is 19.3. The average Bonchev–Trinajstić information content (AvgIpc) is 3.37. The van der Waals surface area contributed by atoms with Crippen LogP contribution in [0.15, 0.2) is 52.9 Å². The summed E-state index contributed by atoms with van der Waals surface area (Å²) >= 11 is 7.31. The first-order chi connectivity index (χ1) is 22.7. The highest BCUT2D eigenvalue weighted by atomic mass is 35.5. The van der Waals surface area contributed by atoms with Crippen molar-refractivity contribution in [3.63, 3.8) is 0 Å². The summed E-state index contributed by atoms with van der Waals surface area (Å²) in [6.45, 7) is 16.1. The van der Waals surface area contributed by atoms with Gasteiger partial charge in [0.25, 0.3) is 5.91 Å². The Labute approximate surface area is 283 Å². The molecule has 0 bridgehead atoms. The van der Waals surface area contributed by atoms with Crippen LogP contribution >= 0.6 is 11.6 Å². The number of ether oxygens (including phenoxy) is 2. The maximum atomic E-state index is 14.2. The first kappa shape index (κ1) is 33.4. The number of fused-ring (bicyclic) bond motifs is 2. The molecule has 2 fully saturated rings. The molecule has 2 saturated heterocycles. The minimum absolute atomic E-state index is 0.112. The second-order valence-corrected chi connectivity index (χ2v) is 13.7. The lowest BCUT2D eigenvalue weighted by Gasteiger charge is -2.37. The van der Waals surface area contributed by atoms with Crippen LogP contribution < -0.4 is 20.4 Å². The summed E-state index contributed by atoms with van der Waals surface area (Å²) in [5.41, 5.74) is 9.73. The fraction of sp³-hybridized carbons (Fsp3) is 0.500. The van der Waals surface area contributed by atoms with Crippen molar-refractivity contribution in [2.24, 2.45) is 0 Å². The molecule has 0 aromatic heterocycles. The first-order valence-corrected chi connectivity index (χ1v) is 17.4. The van der Waals surface area contributed by atoms with E-state index in [9.17, 15) is 9.59 Å². The second-order valence-electron chi connectivity index (χ2n) is 13.3. The van der Waals surface area contributed by atoms with Gasteiger partial charge < -0.3 is 29.9 Å². The number of anilines is 2. The van der Waals surface area contributed by atoms with Crippen molar-refractivity contribution < 1.29 is 19.1 Å². The van der Waals surface area contributed by atoms with Crippen LogP contribution in [-0.2, 0) is 19.7 Å². The fourth-order valence-electron chi connectivity index (χ4n) is 8.04. The quantitative estimate of drug-likeness (QED) is 0.314. The molecule has 1 amide bonds. The molecular formula is C38H47ClN4O4. The zero-order valence-corrected chi connectivity index (χ0v) is 29.1. The van der Waals surface area contributed by atoms with Crippen LogP contribution in [-0.4, -0.2) is 70.5 Å². The molecule has 0 atom stereocenters. The Kier molecular flexibility index (Phi) is 9.86. The lowest BCUT2D eigenvalue weighted by atomic mass is 9.75. The van der Waals surface area contributed by atoms with Gasteiger partial charge in [-0.15, -0.1) is 0 Å². The number of rotatable bonds is 8. The van der Waals surface area contributed by atoms with E-state index < -0.39 is 0 Å². The van der Waals surface area contributed by atoms with Gasteiger partial charge in [0.15, 0.2) is 5.94 Å². The number of amides is 1. The van der Waals surface area contributed by atoms with Crippen molar-refractivity contribution in [1.29, 1.82) is 0 Å². The highest BCUT2D eigenvalue weighted by Gasteiger charge is 2.43. The smallest absolute Gasteiger partial charge is 0.253 e. The summed E-state index contributed by atoms with van der Waals surface area (Å²) in [4.78, 5) is 30.8. The van der Waals surface area contributed by atoms with E-state index in [1.807, 2.05) is 32.8 Å². The third kappa shape index (κ3) is 6.25. The molecule has 2 N–H and O–H groups in total. The van der Waals surface area contributed by atoms with E-state index in [-0.39, 0.29) is 17.9 Å². The number of nitrogens with zero attached hydrogens (tertiary/aromatic N) is 2. The maximum Gasteiger partial charge on any atom is 0.253 e. The highest BCUT2D eigenvalue weighted by molar-refractivity contribution is 6.37. The Balaban J connectivity index is 1.44. The van der Waals surface area contributed by atoms with E-state index in [0.29, 0.717) is 27.9 Å². The predicted molar refractivity (Wildman–Crippen MR) is 189 cm³/mol. The lowest BCUT2D eigenvalue weighted by molar-refractivity contribution is 0.0554. The minimum atomic E-state index is -0.270. The highest BCUT2D eigenvalue weighted by Crippen LogP contribution is 2.49.